The first kappa shape index (κ1) is 16.1. The number of aryl methyl sites for hydroxylation is 1. The highest BCUT2D eigenvalue weighted by Gasteiger charge is 2.35. The quantitative estimate of drug-likeness (QED) is 0.909. The fourth-order valence-electron chi connectivity index (χ4n) is 2.93. The minimum Gasteiger partial charge on any atom is -0.445 e. The van der Waals surface area contributed by atoms with Crippen molar-refractivity contribution in [3.63, 3.8) is 0 Å². The van der Waals surface area contributed by atoms with Gasteiger partial charge >= 0.3 is 6.09 Å². The number of benzene rings is 2. The molecule has 3 rings (SSSR count). The number of hydrogen-bond acceptors (Lipinski definition) is 3. The Balaban J connectivity index is 1.63. The Morgan fingerprint density at radius 1 is 1.17 bits per heavy atom. The van der Waals surface area contributed by atoms with Crippen molar-refractivity contribution in [1.82, 2.24) is 10.6 Å². The van der Waals surface area contributed by atoms with Gasteiger partial charge in [0.05, 0.1) is 12.1 Å². The minimum absolute atomic E-state index is 0.0726. The highest BCUT2D eigenvalue weighted by Crippen LogP contribution is 2.27. The topological polar surface area (TPSA) is 67.4 Å². The van der Waals surface area contributed by atoms with Crippen LogP contribution >= 0.6 is 0 Å². The lowest BCUT2D eigenvalue weighted by Gasteiger charge is -2.21. The lowest BCUT2D eigenvalue weighted by Crippen LogP contribution is -2.39. The first-order valence-electron chi connectivity index (χ1n) is 7.95. The number of carbonyl (C=O) groups is 2. The molecule has 0 radical (unpaired) electrons. The molecule has 0 saturated carbocycles. The molecule has 0 aliphatic carbocycles. The molecule has 1 saturated heterocycles. The Morgan fingerprint density at radius 2 is 1.88 bits per heavy atom. The number of hydrogen-bond donors (Lipinski definition) is 2. The summed E-state index contributed by atoms with van der Waals surface area (Å²) in [6.07, 6.45) is -0.265. The van der Waals surface area contributed by atoms with Crippen LogP contribution in [0.4, 0.5) is 4.79 Å². The first-order valence-corrected chi connectivity index (χ1v) is 7.95. The first-order chi connectivity index (χ1) is 11.6. The Bertz CT molecular complexity index is 730. The maximum Gasteiger partial charge on any atom is 0.407 e. The summed E-state index contributed by atoms with van der Waals surface area (Å²) < 4.78 is 5.25. The van der Waals surface area contributed by atoms with Crippen LogP contribution in [0.3, 0.4) is 0 Å². The van der Waals surface area contributed by atoms with E-state index in [9.17, 15) is 9.59 Å². The van der Waals surface area contributed by atoms with E-state index in [0.717, 1.165) is 16.7 Å². The summed E-state index contributed by atoms with van der Waals surface area (Å²) in [7, 11) is 0. The molecule has 2 aromatic rings. The van der Waals surface area contributed by atoms with Crippen LogP contribution in [0.5, 0.6) is 0 Å². The molecular weight excluding hydrogens is 304 g/mol. The second-order valence-electron chi connectivity index (χ2n) is 5.92. The number of ether oxygens (including phenoxy) is 1. The molecule has 0 spiro atoms. The largest absolute Gasteiger partial charge is 0.445 e. The SMILES string of the molecule is Cc1ccccc1C1NC(=O)CC1NC(=O)OCc1ccccc1. The number of nitrogens with one attached hydrogen (secondary N) is 2. The van der Waals surface area contributed by atoms with Crippen molar-refractivity contribution in [1.29, 1.82) is 0 Å². The molecule has 0 aromatic heterocycles. The van der Waals surface area contributed by atoms with Crippen molar-refractivity contribution in [3.05, 3.63) is 71.3 Å². The summed E-state index contributed by atoms with van der Waals surface area (Å²) in [4.78, 5) is 23.9. The molecule has 24 heavy (non-hydrogen) atoms. The average molecular weight is 324 g/mol. The van der Waals surface area contributed by atoms with Gasteiger partial charge in [-0.25, -0.2) is 4.79 Å². The number of alkyl carbamates (subject to hydrolysis) is 1. The average Bonchev–Trinajstić information content (AvgIpc) is 2.94. The van der Waals surface area contributed by atoms with E-state index in [1.807, 2.05) is 61.5 Å². The third kappa shape index (κ3) is 3.74. The van der Waals surface area contributed by atoms with Crippen LogP contribution < -0.4 is 10.6 Å². The Morgan fingerprint density at radius 3 is 2.62 bits per heavy atom. The van der Waals surface area contributed by atoms with E-state index in [1.54, 1.807) is 0 Å². The Labute approximate surface area is 141 Å². The van der Waals surface area contributed by atoms with Crippen LogP contribution in [0, 0.1) is 6.92 Å². The fourth-order valence-corrected chi connectivity index (χ4v) is 2.93. The van der Waals surface area contributed by atoms with Gasteiger partial charge in [0.2, 0.25) is 5.91 Å². The number of rotatable bonds is 4. The summed E-state index contributed by atoms with van der Waals surface area (Å²) in [6, 6.07) is 16.8. The molecular formula is C19H20N2O3. The van der Waals surface area contributed by atoms with E-state index in [1.165, 1.54) is 0 Å². The van der Waals surface area contributed by atoms with Crippen molar-refractivity contribution in [3.8, 4) is 0 Å². The van der Waals surface area contributed by atoms with Gasteiger partial charge in [0.1, 0.15) is 6.61 Å². The summed E-state index contributed by atoms with van der Waals surface area (Å²) in [5, 5.41) is 5.74. The molecule has 5 heteroatoms. The summed E-state index contributed by atoms with van der Waals surface area (Å²) in [6.45, 7) is 2.19. The van der Waals surface area contributed by atoms with E-state index >= 15 is 0 Å². The Hall–Kier alpha value is -2.82. The molecule has 5 nitrogen and oxygen atoms in total. The predicted molar refractivity (Wildman–Crippen MR) is 90.2 cm³/mol. The van der Waals surface area contributed by atoms with Gasteiger partial charge < -0.3 is 15.4 Å². The summed E-state index contributed by atoms with van der Waals surface area (Å²) in [5.41, 5.74) is 3.01. The second kappa shape index (κ2) is 7.17. The van der Waals surface area contributed by atoms with Crippen LogP contribution in [0.15, 0.2) is 54.6 Å². The summed E-state index contributed by atoms with van der Waals surface area (Å²) >= 11 is 0. The standard InChI is InChI=1S/C19H20N2O3/c1-13-7-5-6-10-15(13)18-16(11-17(22)21-18)20-19(23)24-12-14-8-3-2-4-9-14/h2-10,16,18H,11-12H2,1H3,(H,20,23)(H,21,22). The number of carbonyl (C=O) groups excluding carboxylic acids is 2. The third-order valence-corrected chi connectivity index (χ3v) is 4.16. The Kier molecular flexibility index (Phi) is 4.79. The number of amides is 2. The van der Waals surface area contributed by atoms with Crippen LogP contribution in [-0.4, -0.2) is 18.0 Å². The zero-order valence-electron chi connectivity index (χ0n) is 13.5. The zero-order valence-corrected chi connectivity index (χ0v) is 13.5. The van der Waals surface area contributed by atoms with E-state index in [4.69, 9.17) is 4.74 Å². The molecule has 1 fully saturated rings. The minimum atomic E-state index is -0.515. The van der Waals surface area contributed by atoms with Crippen LogP contribution in [0.25, 0.3) is 0 Å². The van der Waals surface area contributed by atoms with Crippen LogP contribution in [-0.2, 0) is 16.1 Å². The maximum absolute atomic E-state index is 12.1. The van der Waals surface area contributed by atoms with Gasteiger partial charge in [-0.15, -0.1) is 0 Å². The lowest BCUT2D eigenvalue weighted by molar-refractivity contribution is -0.119. The summed E-state index contributed by atoms with van der Waals surface area (Å²) in [5.74, 6) is -0.0726. The predicted octanol–water partition coefficient (Wildman–Crippen LogP) is 2.85. The zero-order chi connectivity index (χ0) is 16.9. The smallest absolute Gasteiger partial charge is 0.407 e. The van der Waals surface area contributed by atoms with Gasteiger partial charge in [0.25, 0.3) is 0 Å². The molecule has 1 heterocycles. The van der Waals surface area contributed by atoms with Crippen molar-refractivity contribution < 1.29 is 14.3 Å². The van der Waals surface area contributed by atoms with E-state index in [-0.39, 0.29) is 31.0 Å². The van der Waals surface area contributed by atoms with Gasteiger partial charge in [-0.2, -0.15) is 0 Å². The van der Waals surface area contributed by atoms with E-state index in [0.29, 0.717) is 0 Å². The molecule has 1 aliphatic rings. The molecule has 124 valence electrons. The third-order valence-electron chi connectivity index (χ3n) is 4.16. The van der Waals surface area contributed by atoms with Crippen molar-refractivity contribution in [2.45, 2.75) is 32.0 Å². The van der Waals surface area contributed by atoms with Crippen molar-refractivity contribution >= 4 is 12.0 Å². The van der Waals surface area contributed by atoms with Crippen molar-refractivity contribution in [2.75, 3.05) is 0 Å². The van der Waals surface area contributed by atoms with Crippen LogP contribution in [0.1, 0.15) is 29.2 Å². The lowest BCUT2D eigenvalue weighted by atomic mass is 9.97. The molecule has 1 aliphatic heterocycles. The normalized spacial score (nSPS) is 19.6. The molecule has 2 N–H and O–H groups in total. The van der Waals surface area contributed by atoms with E-state index in [2.05, 4.69) is 10.6 Å². The highest BCUT2D eigenvalue weighted by molar-refractivity contribution is 5.81. The maximum atomic E-state index is 12.1. The molecule has 0 bridgehead atoms. The van der Waals surface area contributed by atoms with Gasteiger partial charge in [0.15, 0.2) is 0 Å². The second-order valence-corrected chi connectivity index (χ2v) is 5.92. The molecule has 2 amide bonds. The van der Waals surface area contributed by atoms with Gasteiger partial charge in [-0.1, -0.05) is 54.6 Å². The highest BCUT2D eigenvalue weighted by atomic mass is 16.5. The van der Waals surface area contributed by atoms with Gasteiger partial charge in [-0.05, 0) is 23.6 Å². The fraction of sp³-hybridized carbons (Fsp3) is 0.263. The molecule has 2 unspecified atom stereocenters. The molecule has 2 atom stereocenters. The van der Waals surface area contributed by atoms with Gasteiger partial charge in [-0.3, -0.25) is 4.79 Å². The van der Waals surface area contributed by atoms with Gasteiger partial charge in [0, 0.05) is 6.42 Å². The monoisotopic (exact) mass is 324 g/mol. The van der Waals surface area contributed by atoms with Crippen molar-refractivity contribution in [2.24, 2.45) is 0 Å². The molecule has 2 aromatic carbocycles. The van der Waals surface area contributed by atoms with Crippen LogP contribution in [0.2, 0.25) is 0 Å². The van der Waals surface area contributed by atoms with E-state index < -0.39 is 6.09 Å².